The van der Waals surface area contributed by atoms with Crippen LogP contribution < -0.4 is 14.9 Å². The van der Waals surface area contributed by atoms with Gasteiger partial charge < -0.3 is 10.2 Å². The number of nitrogens with zero attached hydrogens (tertiary/aromatic N) is 1. The SMILES string of the molecule is CC(=O)N1c2ccc(S(=O)(=O)NCC3CCC(C(=O)Nc4ccccc4C)CC3)cc2C[C@@H]1C. The first kappa shape index (κ1) is 24.4. The predicted octanol–water partition coefficient (Wildman–Crippen LogP) is 4.02. The van der Waals surface area contributed by atoms with Crippen molar-refractivity contribution in [1.29, 1.82) is 0 Å². The Hall–Kier alpha value is -2.71. The van der Waals surface area contributed by atoms with Gasteiger partial charge in [-0.05, 0) is 87.3 Å². The lowest BCUT2D eigenvalue weighted by Crippen LogP contribution is -2.34. The number of fused-ring (bicyclic) bond motifs is 1. The highest BCUT2D eigenvalue weighted by molar-refractivity contribution is 7.89. The molecule has 2 aromatic rings. The maximum atomic E-state index is 12.9. The predicted molar refractivity (Wildman–Crippen MR) is 133 cm³/mol. The molecule has 8 heteroatoms. The standard InChI is InChI=1S/C26H33N3O4S/c1-17-6-4-5-7-24(17)28-26(31)21-10-8-20(9-11-21)16-27-34(32,33)23-12-13-25-22(15-23)14-18(2)29(25)19(3)30/h4-7,12-13,15,18,20-21,27H,8-11,14,16H2,1-3H3,(H,28,31)/t18-,20?,21?/m0/s1. The van der Waals surface area contributed by atoms with Gasteiger partial charge in [0.25, 0.3) is 0 Å². The van der Waals surface area contributed by atoms with E-state index < -0.39 is 10.0 Å². The van der Waals surface area contributed by atoms with Crippen molar-refractivity contribution in [1.82, 2.24) is 4.72 Å². The van der Waals surface area contributed by atoms with Crippen LogP contribution in [0.4, 0.5) is 11.4 Å². The summed E-state index contributed by atoms with van der Waals surface area (Å²) in [5, 5.41) is 3.03. The molecule has 0 bridgehead atoms. The molecule has 0 spiro atoms. The molecule has 2 N–H and O–H groups in total. The van der Waals surface area contributed by atoms with Gasteiger partial charge >= 0.3 is 0 Å². The van der Waals surface area contributed by atoms with Crippen LogP contribution in [0.15, 0.2) is 47.4 Å². The summed E-state index contributed by atoms with van der Waals surface area (Å²) in [6, 6.07) is 12.7. The van der Waals surface area contributed by atoms with Crippen molar-refractivity contribution in [2.45, 2.75) is 63.8 Å². The van der Waals surface area contributed by atoms with E-state index in [1.54, 1.807) is 23.1 Å². The van der Waals surface area contributed by atoms with Gasteiger partial charge in [-0.15, -0.1) is 0 Å². The second-order valence-electron chi connectivity index (χ2n) is 9.61. The average Bonchev–Trinajstić information content (AvgIpc) is 3.14. The zero-order valence-electron chi connectivity index (χ0n) is 20.0. The number of benzene rings is 2. The monoisotopic (exact) mass is 483 g/mol. The van der Waals surface area contributed by atoms with Gasteiger partial charge in [0.2, 0.25) is 21.8 Å². The molecule has 1 aliphatic heterocycles. The fraction of sp³-hybridized carbons (Fsp3) is 0.462. The van der Waals surface area contributed by atoms with E-state index in [1.807, 2.05) is 38.1 Å². The Morgan fingerprint density at radius 2 is 1.76 bits per heavy atom. The highest BCUT2D eigenvalue weighted by Crippen LogP contribution is 2.34. The summed E-state index contributed by atoms with van der Waals surface area (Å²) in [5.74, 6) is 0.166. The Morgan fingerprint density at radius 1 is 1.06 bits per heavy atom. The summed E-state index contributed by atoms with van der Waals surface area (Å²) < 4.78 is 28.6. The Bertz CT molecular complexity index is 1190. The van der Waals surface area contributed by atoms with Gasteiger partial charge in [0, 0.05) is 36.8 Å². The minimum Gasteiger partial charge on any atom is -0.326 e. The van der Waals surface area contributed by atoms with Crippen molar-refractivity contribution >= 4 is 33.2 Å². The Kier molecular flexibility index (Phi) is 7.09. The first-order chi connectivity index (χ1) is 16.2. The van der Waals surface area contributed by atoms with Crippen LogP contribution in [-0.4, -0.2) is 32.8 Å². The van der Waals surface area contributed by atoms with Crippen molar-refractivity contribution < 1.29 is 18.0 Å². The lowest BCUT2D eigenvalue weighted by atomic mass is 9.81. The molecule has 4 rings (SSSR count). The largest absolute Gasteiger partial charge is 0.326 e. The third-order valence-electron chi connectivity index (χ3n) is 7.10. The summed E-state index contributed by atoms with van der Waals surface area (Å²) in [6.45, 7) is 5.82. The van der Waals surface area contributed by atoms with Crippen molar-refractivity contribution in [2.75, 3.05) is 16.8 Å². The van der Waals surface area contributed by atoms with Gasteiger partial charge in [0.1, 0.15) is 0 Å². The van der Waals surface area contributed by atoms with E-state index in [9.17, 15) is 18.0 Å². The average molecular weight is 484 g/mol. The third-order valence-corrected chi connectivity index (χ3v) is 8.52. The second kappa shape index (κ2) is 9.88. The first-order valence-electron chi connectivity index (χ1n) is 11.9. The van der Waals surface area contributed by atoms with Crippen LogP contribution in [0.25, 0.3) is 0 Å². The maximum absolute atomic E-state index is 12.9. The molecule has 0 aromatic heterocycles. The smallest absolute Gasteiger partial charge is 0.240 e. The van der Waals surface area contributed by atoms with Crippen molar-refractivity contribution in [3.8, 4) is 0 Å². The quantitative estimate of drug-likeness (QED) is 0.649. The number of para-hydroxylation sites is 1. The van der Waals surface area contributed by atoms with E-state index in [-0.39, 0.29) is 34.6 Å². The fourth-order valence-electron chi connectivity index (χ4n) is 5.14. The van der Waals surface area contributed by atoms with E-state index in [1.165, 1.54) is 6.92 Å². The summed E-state index contributed by atoms with van der Waals surface area (Å²) in [4.78, 5) is 26.5. The Morgan fingerprint density at radius 3 is 2.44 bits per heavy atom. The zero-order chi connectivity index (χ0) is 24.5. The minimum atomic E-state index is -3.64. The number of aryl methyl sites for hydroxylation is 1. The first-order valence-corrected chi connectivity index (χ1v) is 13.4. The molecule has 0 saturated heterocycles. The number of amides is 2. The van der Waals surface area contributed by atoms with Crippen LogP contribution in [0.3, 0.4) is 0 Å². The second-order valence-corrected chi connectivity index (χ2v) is 11.4. The van der Waals surface area contributed by atoms with Crippen LogP contribution in [0.5, 0.6) is 0 Å². The molecule has 1 fully saturated rings. The zero-order valence-corrected chi connectivity index (χ0v) is 20.8. The summed E-state index contributed by atoms with van der Waals surface area (Å²) in [7, 11) is -3.64. The number of anilines is 2. The summed E-state index contributed by atoms with van der Waals surface area (Å²) in [5.41, 5.74) is 3.55. The molecular weight excluding hydrogens is 450 g/mol. The number of sulfonamides is 1. The van der Waals surface area contributed by atoms with Crippen molar-refractivity contribution in [2.24, 2.45) is 11.8 Å². The lowest BCUT2D eigenvalue weighted by Gasteiger charge is -2.28. The van der Waals surface area contributed by atoms with Crippen LogP contribution in [0.2, 0.25) is 0 Å². The van der Waals surface area contributed by atoms with E-state index in [2.05, 4.69) is 10.0 Å². The Balaban J connectivity index is 1.31. The van der Waals surface area contributed by atoms with E-state index in [0.717, 1.165) is 48.2 Å². The van der Waals surface area contributed by atoms with Gasteiger partial charge in [-0.25, -0.2) is 13.1 Å². The van der Waals surface area contributed by atoms with Crippen LogP contribution in [-0.2, 0) is 26.0 Å². The molecule has 2 aliphatic rings. The van der Waals surface area contributed by atoms with Gasteiger partial charge in [-0.3, -0.25) is 9.59 Å². The Labute approximate surface area is 202 Å². The van der Waals surface area contributed by atoms with Crippen LogP contribution in [0, 0.1) is 18.8 Å². The number of hydrogen-bond donors (Lipinski definition) is 2. The molecular formula is C26H33N3O4S. The fourth-order valence-corrected chi connectivity index (χ4v) is 6.31. The van der Waals surface area contributed by atoms with Gasteiger partial charge in [-0.2, -0.15) is 0 Å². The molecule has 34 heavy (non-hydrogen) atoms. The van der Waals surface area contributed by atoms with Crippen LogP contribution >= 0.6 is 0 Å². The summed E-state index contributed by atoms with van der Waals surface area (Å²) >= 11 is 0. The number of hydrogen-bond acceptors (Lipinski definition) is 4. The number of carbonyl (C=O) groups is 2. The van der Waals surface area contributed by atoms with Crippen LogP contribution in [0.1, 0.15) is 50.7 Å². The normalized spacial score (nSPS) is 22.3. The van der Waals surface area contributed by atoms with E-state index >= 15 is 0 Å². The molecule has 0 unspecified atom stereocenters. The molecule has 1 saturated carbocycles. The maximum Gasteiger partial charge on any atom is 0.240 e. The van der Waals surface area contributed by atoms with Crippen molar-refractivity contribution in [3.63, 3.8) is 0 Å². The van der Waals surface area contributed by atoms with Gasteiger partial charge in [-0.1, -0.05) is 18.2 Å². The third kappa shape index (κ3) is 5.18. The highest BCUT2D eigenvalue weighted by atomic mass is 32.2. The molecule has 1 atom stereocenters. The number of carbonyl (C=O) groups excluding carboxylic acids is 2. The van der Waals surface area contributed by atoms with Gasteiger partial charge in [0.15, 0.2) is 0 Å². The van der Waals surface area contributed by atoms with Gasteiger partial charge in [0.05, 0.1) is 4.90 Å². The molecule has 1 heterocycles. The highest BCUT2D eigenvalue weighted by Gasteiger charge is 2.31. The molecule has 2 amide bonds. The van der Waals surface area contributed by atoms with Crippen molar-refractivity contribution in [3.05, 3.63) is 53.6 Å². The molecule has 2 aromatic carbocycles. The van der Waals surface area contributed by atoms with E-state index in [4.69, 9.17) is 0 Å². The topological polar surface area (TPSA) is 95.6 Å². The molecule has 182 valence electrons. The lowest BCUT2D eigenvalue weighted by molar-refractivity contribution is -0.121. The van der Waals surface area contributed by atoms with E-state index in [0.29, 0.717) is 13.0 Å². The number of nitrogens with one attached hydrogen (secondary N) is 2. The molecule has 7 nitrogen and oxygen atoms in total. The summed E-state index contributed by atoms with van der Waals surface area (Å²) in [6.07, 6.45) is 3.77. The minimum absolute atomic E-state index is 0.0246. The molecule has 0 radical (unpaired) electrons. The molecule has 1 aliphatic carbocycles. The number of rotatable bonds is 6.